The molecule has 30 heavy (non-hydrogen) atoms. The number of benzene rings is 2. The molecule has 0 fully saturated rings. The number of aromatic nitrogens is 1. The molecule has 2 aromatic carbocycles. The SMILES string of the molecule is C=CCN(Cc1cccn1Cc1cccc(C(F)(F)F)c1)C(=O)c1cccc(Cl)c1. The molecule has 3 aromatic rings. The summed E-state index contributed by atoms with van der Waals surface area (Å²) in [4.78, 5) is 14.5. The van der Waals surface area contributed by atoms with Crippen LogP contribution in [0, 0.1) is 0 Å². The van der Waals surface area contributed by atoms with Crippen LogP contribution in [-0.4, -0.2) is 21.9 Å². The van der Waals surface area contributed by atoms with Gasteiger partial charge in [0, 0.05) is 35.6 Å². The van der Waals surface area contributed by atoms with Crippen LogP contribution in [0.3, 0.4) is 0 Å². The minimum absolute atomic E-state index is 0.204. The highest BCUT2D eigenvalue weighted by Crippen LogP contribution is 2.29. The number of amides is 1. The van der Waals surface area contributed by atoms with Gasteiger partial charge in [-0.2, -0.15) is 13.2 Å². The summed E-state index contributed by atoms with van der Waals surface area (Å²) >= 11 is 6.00. The lowest BCUT2D eigenvalue weighted by Gasteiger charge is -2.22. The standard InChI is InChI=1S/C23H20ClF3N2O/c1-2-11-29(22(30)18-7-4-9-20(24)14-18)16-21-10-5-12-28(21)15-17-6-3-8-19(13-17)23(25,26)27/h2-10,12-14H,1,11,15-16H2. The summed E-state index contributed by atoms with van der Waals surface area (Å²) < 4.78 is 40.8. The Balaban J connectivity index is 1.81. The van der Waals surface area contributed by atoms with Crippen LogP contribution in [0.1, 0.15) is 27.2 Å². The van der Waals surface area contributed by atoms with Crippen molar-refractivity contribution in [3.8, 4) is 0 Å². The Hall–Kier alpha value is -2.99. The lowest BCUT2D eigenvalue weighted by Crippen LogP contribution is -2.31. The maximum Gasteiger partial charge on any atom is 0.416 e. The summed E-state index contributed by atoms with van der Waals surface area (Å²) in [7, 11) is 0. The van der Waals surface area contributed by atoms with E-state index in [4.69, 9.17) is 11.6 Å². The molecular formula is C23H20ClF3N2O. The Labute approximate surface area is 178 Å². The second-order valence-electron chi connectivity index (χ2n) is 6.81. The minimum atomic E-state index is -4.39. The van der Waals surface area contributed by atoms with Gasteiger partial charge >= 0.3 is 6.18 Å². The Bertz CT molecular complexity index is 1040. The van der Waals surface area contributed by atoms with Crippen LogP contribution < -0.4 is 0 Å². The van der Waals surface area contributed by atoms with Gasteiger partial charge in [0.2, 0.25) is 0 Å². The van der Waals surface area contributed by atoms with Gasteiger partial charge in [0.05, 0.1) is 12.1 Å². The largest absolute Gasteiger partial charge is 0.416 e. The van der Waals surface area contributed by atoms with E-state index in [1.165, 1.54) is 6.07 Å². The number of hydrogen-bond acceptors (Lipinski definition) is 1. The van der Waals surface area contributed by atoms with Gasteiger partial charge in [-0.05, 0) is 48.0 Å². The minimum Gasteiger partial charge on any atom is -0.345 e. The van der Waals surface area contributed by atoms with Crippen molar-refractivity contribution in [2.24, 2.45) is 0 Å². The second kappa shape index (κ2) is 9.22. The summed E-state index contributed by atoms with van der Waals surface area (Å²) in [5, 5.41) is 0.465. The van der Waals surface area contributed by atoms with E-state index in [-0.39, 0.29) is 19.0 Å². The molecule has 0 saturated carbocycles. The Morgan fingerprint density at radius 1 is 1.10 bits per heavy atom. The molecule has 0 aliphatic carbocycles. The Morgan fingerprint density at radius 3 is 2.57 bits per heavy atom. The van der Waals surface area contributed by atoms with Gasteiger partial charge in [-0.1, -0.05) is 35.9 Å². The van der Waals surface area contributed by atoms with Crippen LogP contribution in [0.4, 0.5) is 13.2 Å². The van der Waals surface area contributed by atoms with E-state index in [1.54, 1.807) is 53.6 Å². The fourth-order valence-corrected chi connectivity index (χ4v) is 3.35. The molecule has 0 bridgehead atoms. The average Bonchev–Trinajstić information content (AvgIpc) is 3.13. The number of rotatable bonds is 7. The van der Waals surface area contributed by atoms with E-state index < -0.39 is 11.7 Å². The highest BCUT2D eigenvalue weighted by molar-refractivity contribution is 6.30. The van der Waals surface area contributed by atoms with Gasteiger partial charge in [0.15, 0.2) is 0 Å². The van der Waals surface area contributed by atoms with Crippen LogP contribution in [0.5, 0.6) is 0 Å². The molecule has 0 atom stereocenters. The van der Waals surface area contributed by atoms with Crippen molar-refractivity contribution in [1.82, 2.24) is 9.47 Å². The molecule has 0 aliphatic rings. The molecule has 0 spiro atoms. The van der Waals surface area contributed by atoms with Gasteiger partial charge < -0.3 is 9.47 Å². The van der Waals surface area contributed by atoms with E-state index in [1.807, 2.05) is 10.6 Å². The highest BCUT2D eigenvalue weighted by Gasteiger charge is 2.30. The second-order valence-corrected chi connectivity index (χ2v) is 7.25. The molecule has 0 unspecified atom stereocenters. The zero-order valence-corrected chi connectivity index (χ0v) is 16.8. The number of hydrogen-bond donors (Lipinski definition) is 0. The van der Waals surface area contributed by atoms with E-state index in [0.717, 1.165) is 17.8 Å². The lowest BCUT2D eigenvalue weighted by atomic mass is 10.1. The molecule has 1 aromatic heterocycles. The third-order valence-corrected chi connectivity index (χ3v) is 4.83. The van der Waals surface area contributed by atoms with Crippen molar-refractivity contribution >= 4 is 17.5 Å². The predicted octanol–water partition coefficient (Wildman–Crippen LogP) is 6.04. The lowest BCUT2D eigenvalue weighted by molar-refractivity contribution is -0.137. The summed E-state index contributed by atoms with van der Waals surface area (Å²) in [6.45, 7) is 4.58. The quantitative estimate of drug-likeness (QED) is 0.418. The van der Waals surface area contributed by atoms with Crippen LogP contribution in [0.2, 0.25) is 5.02 Å². The first-order chi connectivity index (χ1) is 14.3. The van der Waals surface area contributed by atoms with Crippen LogP contribution >= 0.6 is 11.6 Å². The predicted molar refractivity (Wildman–Crippen MR) is 111 cm³/mol. The first kappa shape index (κ1) is 21.7. The molecule has 0 radical (unpaired) electrons. The van der Waals surface area contributed by atoms with Gasteiger partial charge in [-0.15, -0.1) is 6.58 Å². The smallest absolute Gasteiger partial charge is 0.345 e. The van der Waals surface area contributed by atoms with E-state index >= 15 is 0 Å². The Kier molecular flexibility index (Phi) is 6.67. The van der Waals surface area contributed by atoms with Gasteiger partial charge in [-0.25, -0.2) is 0 Å². The normalized spacial score (nSPS) is 11.3. The molecule has 3 rings (SSSR count). The molecule has 0 aliphatic heterocycles. The van der Waals surface area contributed by atoms with Crippen molar-refractivity contribution < 1.29 is 18.0 Å². The van der Waals surface area contributed by atoms with E-state index in [0.29, 0.717) is 22.7 Å². The molecule has 156 valence electrons. The number of nitrogens with zero attached hydrogens (tertiary/aromatic N) is 2. The number of alkyl halides is 3. The zero-order valence-electron chi connectivity index (χ0n) is 16.1. The van der Waals surface area contributed by atoms with Crippen LogP contribution in [-0.2, 0) is 19.3 Å². The van der Waals surface area contributed by atoms with Crippen LogP contribution in [0.25, 0.3) is 0 Å². The first-order valence-corrected chi connectivity index (χ1v) is 9.61. The molecule has 3 nitrogen and oxygen atoms in total. The molecular weight excluding hydrogens is 413 g/mol. The van der Waals surface area contributed by atoms with Gasteiger partial charge in [0.1, 0.15) is 0 Å². The van der Waals surface area contributed by atoms with Crippen LogP contribution in [0.15, 0.2) is 79.5 Å². The fourth-order valence-electron chi connectivity index (χ4n) is 3.16. The summed E-state index contributed by atoms with van der Waals surface area (Å²) in [6.07, 6.45) is -0.978. The van der Waals surface area contributed by atoms with Crippen molar-refractivity contribution in [3.05, 3.63) is 107 Å². The van der Waals surface area contributed by atoms with E-state index in [9.17, 15) is 18.0 Å². The third kappa shape index (κ3) is 5.33. The third-order valence-electron chi connectivity index (χ3n) is 4.59. The van der Waals surface area contributed by atoms with Crippen molar-refractivity contribution in [1.29, 1.82) is 0 Å². The van der Waals surface area contributed by atoms with Crippen molar-refractivity contribution in [2.45, 2.75) is 19.3 Å². The van der Waals surface area contributed by atoms with E-state index in [2.05, 4.69) is 6.58 Å². The van der Waals surface area contributed by atoms with Crippen molar-refractivity contribution in [3.63, 3.8) is 0 Å². The maximum atomic E-state index is 13.0. The van der Waals surface area contributed by atoms with Crippen molar-refractivity contribution in [2.75, 3.05) is 6.54 Å². The number of carbonyl (C=O) groups excluding carboxylic acids is 1. The zero-order chi connectivity index (χ0) is 21.7. The van der Waals surface area contributed by atoms with Gasteiger partial charge in [0.25, 0.3) is 5.91 Å². The molecule has 0 saturated heterocycles. The summed E-state index contributed by atoms with van der Waals surface area (Å²) in [6, 6.07) is 15.6. The average molecular weight is 433 g/mol. The fraction of sp³-hybridized carbons (Fsp3) is 0.174. The van der Waals surface area contributed by atoms with Gasteiger partial charge in [-0.3, -0.25) is 4.79 Å². The monoisotopic (exact) mass is 432 g/mol. The maximum absolute atomic E-state index is 13.0. The number of carbonyl (C=O) groups is 1. The molecule has 0 N–H and O–H groups in total. The first-order valence-electron chi connectivity index (χ1n) is 9.24. The molecule has 7 heteroatoms. The summed E-state index contributed by atoms with van der Waals surface area (Å²) in [5.74, 6) is -0.204. The molecule has 1 amide bonds. The number of halogens is 4. The topological polar surface area (TPSA) is 25.2 Å². The highest BCUT2D eigenvalue weighted by atomic mass is 35.5. The molecule has 1 heterocycles. The Morgan fingerprint density at radius 2 is 1.87 bits per heavy atom. The summed E-state index contributed by atoms with van der Waals surface area (Å²) in [5.41, 5.74) is 1.10.